The maximum atomic E-state index is 13.5. The van der Waals surface area contributed by atoms with Gasteiger partial charge in [-0.2, -0.15) is 0 Å². The van der Waals surface area contributed by atoms with Crippen molar-refractivity contribution in [3.63, 3.8) is 0 Å². The molecule has 3 aromatic rings. The Kier molecular flexibility index (Phi) is 7.39. The van der Waals surface area contributed by atoms with Crippen molar-refractivity contribution in [2.24, 2.45) is 0 Å². The molecule has 0 aliphatic heterocycles. The Hall–Kier alpha value is -2.79. The Bertz CT molecular complexity index is 999. The fraction of sp³-hybridized carbons (Fsp3) is 0.360. The zero-order valence-electron chi connectivity index (χ0n) is 18.8. The topological polar surface area (TPSA) is 49.6 Å². The van der Waals surface area contributed by atoms with E-state index < -0.39 is 0 Å². The summed E-state index contributed by atoms with van der Waals surface area (Å²) in [5.74, 6) is 0.649. The summed E-state index contributed by atoms with van der Waals surface area (Å²) >= 11 is 6.02. The molecule has 1 atom stereocenters. The van der Waals surface area contributed by atoms with Crippen LogP contribution in [0.2, 0.25) is 5.02 Å². The largest absolute Gasteiger partial charge is 0.341 e. The number of carbonyl (C=O) groups is 1. The minimum Gasteiger partial charge on any atom is -0.341 e. The Morgan fingerprint density at radius 2 is 1.71 bits per heavy atom. The van der Waals surface area contributed by atoms with Gasteiger partial charge < -0.3 is 14.3 Å². The number of halogens is 1. The zero-order chi connectivity index (χ0) is 22.5. The van der Waals surface area contributed by atoms with E-state index in [1.165, 1.54) is 0 Å². The molecule has 6 heteroatoms. The smallest absolute Gasteiger partial charge is 0.254 e. The molecule has 2 aromatic carbocycles. The first-order valence-corrected chi connectivity index (χ1v) is 11.0. The van der Waals surface area contributed by atoms with Crippen molar-refractivity contribution >= 4 is 23.4 Å². The minimum absolute atomic E-state index is 0.0376. The molecular weight excluding hydrogens is 410 g/mol. The minimum atomic E-state index is -0.0376. The molecule has 0 N–H and O–H groups in total. The van der Waals surface area contributed by atoms with Crippen molar-refractivity contribution < 1.29 is 9.32 Å². The molecule has 1 amide bonds. The monoisotopic (exact) mass is 439 g/mol. The molecule has 0 aliphatic rings. The summed E-state index contributed by atoms with van der Waals surface area (Å²) in [6, 6.07) is 17.2. The van der Waals surface area contributed by atoms with Gasteiger partial charge in [-0.1, -0.05) is 54.0 Å². The molecule has 1 aromatic heterocycles. The molecule has 0 bridgehead atoms. The van der Waals surface area contributed by atoms with Crippen molar-refractivity contribution in [2.45, 2.75) is 52.7 Å². The molecular formula is C25H30ClN3O2. The van der Waals surface area contributed by atoms with Gasteiger partial charge in [-0.15, -0.1) is 0 Å². The lowest BCUT2D eigenvalue weighted by atomic mass is 10.0. The number of anilines is 1. The van der Waals surface area contributed by atoms with Crippen molar-refractivity contribution in [2.75, 3.05) is 11.9 Å². The summed E-state index contributed by atoms with van der Waals surface area (Å²) in [5, 5.41) is 5.01. The van der Waals surface area contributed by atoms with Gasteiger partial charge in [0.05, 0.1) is 12.1 Å². The normalized spacial score (nSPS) is 12.1. The molecule has 1 heterocycles. The highest BCUT2D eigenvalue weighted by molar-refractivity contribution is 6.30. The molecule has 0 saturated heterocycles. The third-order valence-electron chi connectivity index (χ3n) is 5.71. The van der Waals surface area contributed by atoms with E-state index in [0.29, 0.717) is 23.0 Å². The highest BCUT2D eigenvalue weighted by Gasteiger charge is 2.28. The molecule has 0 fully saturated rings. The van der Waals surface area contributed by atoms with Crippen molar-refractivity contribution in [3.8, 4) is 11.3 Å². The van der Waals surface area contributed by atoms with Crippen molar-refractivity contribution in [1.29, 1.82) is 0 Å². The number of carbonyl (C=O) groups excluding carboxylic acids is 1. The average molecular weight is 440 g/mol. The van der Waals surface area contributed by atoms with Gasteiger partial charge in [0.15, 0.2) is 0 Å². The number of rotatable bonds is 8. The number of hydrogen-bond acceptors (Lipinski definition) is 4. The van der Waals surface area contributed by atoms with Crippen LogP contribution < -0.4 is 4.90 Å². The molecule has 5 nitrogen and oxygen atoms in total. The number of amides is 1. The van der Waals surface area contributed by atoms with E-state index in [1.54, 1.807) is 24.3 Å². The average Bonchev–Trinajstić information content (AvgIpc) is 3.20. The predicted octanol–water partition coefficient (Wildman–Crippen LogP) is 6.28. The van der Waals surface area contributed by atoms with Gasteiger partial charge >= 0.3 is 0 Å². The van der Waals surface area contributed by atoms with Crippen LogP contribution in [0.25, 0.3) is 11.3 Å². The summed E-state index contributed by atoms with van der Waals surface area (Å²) < 4.78 is 5.81. The van der Waals surface area contributed by atoms with E-state index in [9.17, 15) is 4.79 Å². The third-order valence-corrected chi connectivity index (χ3v) is 5.96. The lowest BCUT2D eigenvalue weighted by molar-refractivity contribution is 0.0672. The first kappa shape index (κ1) is 22.9. The second kappa shape index (κ2) is 10.0. The van der Waals surface area contributed by atoms with E-state index in [-0.39, 0.29) is 18.0 Å². The Morgan fingerprint density at radius 1 is 1.06 bits per heavy atom. The number of aromatic nitrogens is 1. The highest BCUT2D eigenvalue weighted by atomic mass is 35.5. The summed E-state index contributed by atoms with van der Waals surface area (Å²) in [7, 11) is 1.98. The Morgan fingerprint density at radius 3 is 2.29 bits per heavy atom. The molecule has 164 valence electrons. The fourth-order valence-corrected chi connectivity index (χ4v) is 3.48. The second-order valence-corrected chi connectivity index (χ2v) is 8.52. The SMILES string of the molecule is CC[C@H](C)N(Cc1c(-c2ccccc2)noc1N(C)C(C)C)C(=O)c1ccc(Cl)cc1. The lowest BCUT2D eigenvalue weighted by Crippen LogP contribution is -2.38. The van der Waals surface area contributed by atoms with Crippen LogP contribution in [0.3, 0.4) is 0 Å². The molecule has 0 saturated carbocycles. The number of benzene rings is 2. The van der Waals surface area contributed by atoms with Gasteiger partial charge in [0.1, 0.15) is 5.69 Å². The van der Waals surface area contributed by atoms with Crippen LogP contribution in [0.4, 0.5) is 5.88 Å². The summed E-state index contributed by atoms with van der Waals surface area (Å²) in [4.78, 5) is 17.4. The van der Waals surface area contributed by atoms with Gasteiger partial charge in [0, 0.05) is 35.3 Å². The van der Waals surface area contributed by atoms with Crippen LogP contribution in [0.15, 0.2) is 59.1 Å². The lowest BCUT2D eigenvalue weighted by Gasteiger charge is -2.30. The van der Waals surface area contributed by atoms with Crippen LogP contribution >= 0.6 is 11.6 Å². The van der Waals surface area contributed by atoms with Gasteiger partial charge in [-0.05, 0) is 51.5 Å². The quantitative estimate of drug-likeness (QED) is 0.414. The zero-order valence-corrected chi connectivity index (χ0v) is 19.6. The predicted molar refractivity (Wildman–Crippen MR) is 127 cm³/mol. The van der Waals surface area contributed by atoms with Gasteiger partial charge in [0.2, 0.25) is 5.88 Å². The van der Waals surface area contributed by atoms with Crippen LogP contribution in [-0.4, -0.2) is 35.1 Å². The first-order chi connectivity index (χ1) is 14.8. The number of hydrogen-bond donors (Lipinski definition) is 0. The molecule has 0 aliphatic carbocycles. The molecule has 3 rings (SSSR count). The summed E-state index contributed by atoms with van der Waals surface area (Å²) in [6.07, 6.45) is 0.834. The molecule has 31 heavy (non-hydrogen) atoms. The van der Waals surface area contributed by atoms with Gasteiger partial charge in [0.25, 0.3) is 5.91 Å². The van der Waals surface area contributed by atoms with Crippen LogP contribution in [0.1, 0.15) is 50.0 Å². The van der Waals surface area contributed by atoms with Crippen LogP contribution in [0.5, 0.6) is 0 Å². The Balaban J connectivity index is 2.06. The van der Waals surface area contributed by atoms with E-state index in [0.717, 1.165) is 23.2 Å². The summed E-state index contributed by atoms with van der Waals surface area (Å²) in [5.41, 5.74) is 3.25. The number of nitrogens with zero attached hydrogens (tertiary/aromatic N) is 3. The second-order valence-electron chi connectivity index (χ2n) is 8.08. The molecule has 0 unspecified atom stereocenters. The van der Waals surface area contributed by atoms with Gasteiger partial charge in [-0.3, -0.25) is 4.79 Å². The van der Waals surface area contributed by atoms with Crippen LogP contribution in [-0.2, 0) is 6.54 Å². The Labute approximate surface area is 189 Å². The molecule has 0 radical (unpaired) electrons. The van der Waals surface area contributed by atoms with E-state index in [1.807, 2.05) is 42.3 Å². The fourth-order valence-electron chi connectivity index (χ4n) is 3.35. The summed E-state index contributed by atoms with van der Waals surface area (Å²) in [6.45, 7) is 8.74. The van der Waals surface area contributed by atoms with Crippen LogP contribution in [0, 0.1) is 0 Å². The van der Waals surface area contributed by atoms with E-state index in [4.69, 9.17) is 16.1 Å². The van der Waals surface area contributed by atoms with Gasteiger partial charge in [-0.25, -0.2) is 0 Å². The van der Waals surface area contributed by atoms with Crippen molar-refractivity contribution in [3.05, 3.63) is 70.7 Å². The maximum absolute atomic E-state index is 13.5. The van der Waals surface area contributed by atoms with E-state index >= 15 is 0 Å². The molecule has 0 spiro atoms. The third kappa shape index (κ3) is 5.10. The highest BCUT2D eigenvalue weighted by Crippen LogP contribution is 2.33. The van der Waals surface area contributed by atoms with Crippen molar-refractivity contribution in [1.82, 2.24) is 10.1 Å². The van der Waals surface area contributed by atoms with E-state index in [2.05, 4.69) is 37.8 Å². The first-order valence-electron chi connectivity index (χ1n) is 10.7. The maximum Gasteiger partial charge on any atom is 0.254 e. The standard InChI is InChI=1S/C25H30ClN3O2/c1-6-18(4)29(24(30)20-12-14-21(26)15-13-20)16-22-23(19-10-8-7-9-11-19)27-31-25(22)28(5)17(2)3/h7-15,17-18H,6,16H2,1-5H3/t18-/m0/s1.